The van der Waals surface area contributed by atoms with Gasteiger partial charge < -0.3 is 19.0 Å². The maximum atomic E-state index is 9.41. The highest BCUT2D eigenvalue weighted by molar-refractivity contribution is 7.39. The number of rotatable bonds is 17. The summed E-state index contributed by atoms with van der Waals surface area (Å²) in [5, 5.41) is 0. The first-order valence-corrected chi connectivity index (χ1v) is 12.9. The highest BCUT2D eigenvalue weighted by Gasteiger charge is 2.36. The van der Waals surface area contributed by atoms with Crippen LogP contribution in [0.25, 0.3) is 0 Å². The molecule has 2 aromatic carbocycles. The highest BCUT2D eigenvalue weighted by atomic mass is 31.2. The van der Waals surface area contributed by atoms with E-state index in [1.807, 2.05) is 60.7 Å². The monoisotopic (exact) mass is 446 g/mol. The molecule has 31 heavy (non-hydrogen) atoms. The van der Waals surface area contributed by atoms with Gasteiger partial charge in [0, 0.05) is 6.61 Å². The summed E-state index contributed by atoms with van der Waals surface area (Å²) in [6.07, 6.45) is 12.7. The lowest BCUT2D eigenvalue weighted by Gasteiger charge is -2.35. The van der Waals surface area contributed by atoms with Crippen LogP contribution in [0.5, 0.6) is 0 Å². The molecule has 0 atom stereocenters. The maximum absolute atomic E-state index is 9.41. The fourth-order valence-electron chi connectivity index (χ4n) is 3.94. The molecule has 0 aliphatic carbocycles. The lowest BCUT2D eigenvalue weighted by atomic mass is 9.86. The fraction of sp³-hybridized carbons (Fsp3) is 0.538. The van der Waals surface area contributed by atoms with E-state index in [0.29, 0.717) is 6.61 Å². The van der Waals surface area contributed by atoms with Crippen LogP contribution in [0.2, 0.25) is 0 Å². The Kier molecular flexibility index (Phi) is 13.0. The SMILES string of the molecule is CCCCCCCCCCCCOC(COP(O)O)(c1ccccc1)c1ccccc1. The van der Waals surface area contributed by atoms with E-state index in [9.17, 15) is 9.79 Å². The summed E-state index contributed by atoms with van der Waals surface area (Å²) >= 11 is 0. The Morgan fingerprint density at radius 2 is 1.13 bits per heavy atom. The quantitative estimate of drug-likeness (QED) is 0.201. The highest BCUT2D eigenvalue weighted by Crippen LogP contribution is 2.38. The van der Waals surface area contributed by atoms with Crippen LogP contribution in [0.3, 0.4) is 0 Å². The van der Waals surface area contributed by atoms with Crippen LogP contribution in [-0.2, 0) is 14.9 Å². The molecule has 0 saturated heterocycles. The molecular formula is C26H39O4P. The van der Waals surface area contributed by atoms with Crippen molar-refractivity contribution in [1.82, 2.24) is 0 Å². The molecule has 172 valence electrons. The predicted octanol–water partition coefficient (Wildman–Crippen LogP) is 7.10. The summed E-state index contributed by atoms with van der Waals surface area (Å²) in [6.45, 7) is 2.90. The molecule has 0 aliphatic rings. The molecule has 2 aromatic rings. The zero-order valence-electron chi connectivity index (χ0n) is 18.9. The van der Waals surface area contributed by atoms with Gasteiger partial charge in [0.05, 0.1) is 6.61 Å². The van der Waals surface area contributed by atoms with Gasteiger partial charge in [0.25, 0.3) is 0 Å². The molecule has 4 nitrogen and oxygen atoms in total. The van der Waals surface area contributed by atoms with Crippen molar-refractivity contribution < 1.29 is 19.0 Å². The van der Waals surface area contributed by atoms with Crippen LogP contribution in [0, 0.1) is 0 Å². The average Bonchev–Trinajstić information content (AvgIpc) is 2.80. The fourth-order valence-corrected chi connectivity index (χ4v) is 4.24. The number of unbranched alkanes of at least 4 members (excludes halogenated alkanes) is 9. The lowest BCUT2D eigenvalue weighted by Crippen LogP contribution is -2.36. The third-order valence-electron chi connectivity index (χ3n) is 5.71. The molecule has 0 saturated carbocycles. The van der Waals surface area contributed by atoms with E-state index < -0.39 is 14.2 Å². The zero-order valence-corrected chi connectivity index (χ0v) is 19.8. The Morgan fingerprint density at radius 3 is 1.58 bits per heavy atom. The van der Waals surface area contributed by atoms with Crippen LogP contribution >= 0.6 is 8.60 Å². The van der Waals surface area contributed by atoms with Crippen molar-refractivity contribution >= 4 is 8.60 Å². The average molecular weight is 447 g/mol. The number of ether oxygens (including phenoxy) is 1. The van der Waals surface area contributed by atoms with Crippen molar-refractivity contribution in [3.63, 3.8) is 0 Å². The van der Waals surface area contributed by atoms with Crippen molar-refractivity contribution in [3.05, 3.63) is 71.8 Å². The number of hydrogen-bond donors (Lipinski definition) is 2. The first kappa shape index (κ1) is 26.0. The molecule has 2 rings (SSSR count). The van der Waals surface area contributed by atoms with Gasteiger partial charge in [-0.15, -0.1) is 0 Å². The summed E-state index contributed by atoms with van der Waals surface area (Å²) in [5.74, 6) is 0. The smallest absolute Gasteiger partial charge is 0.327 e. The van der Waals surface area contributed by atoms with Crippen molar-refractivity contribution in [3.8, 4) is 0 Å². The van der Waals surface area contributed by atoms with Gasteiger partial charge in [-0.05, 0) is 17.5 Å². The third kappa shape index (κ3) is 9.39. The van der Waals surface area contributed by atoms with E-state index in [1.54, 1.807) is 0 Å². The molecule has 0 aromatic heterocycles. The second-order valence-corrected chi connectivity index (χ2v) is 8.88. The molecular weight excluding hydrogens is 407 g/mol. The largest absolute Gasteiger partial charge is 0.363 e. The van der Waals surface area contributed by atoms with Gasteiger partial charge in [-0.3, -0.25) is 0 Å². The summed E-state index contributed by atoms with van der Waals surface area (Å²) < 4.78 is 11.8. The van der Waals surface area contributed by atoms with Gasteiger partial charge in [-0.1, -0.05) is 125 Å². The molecule has 0 amide bonds. The topological polar surface area (TPSA) is 58.9 Å². The van der Waals surface area contributed by atoms with Crippen LogP contribution in [0.15, 0.2) is 60.7 Å². The van der Waals surface area contributed by atoms with Crippen molar-refractivity contribution in [1.29, 1.82) is 0 Å². The predicted molar refractivity (Wildman–Crippen MR) is 129 cm³/mol. The molecule has 0 unspecified atom stereocenters. The zero-order chi connectivity index (χ0) is 22.2. The first-order chi connectivity index (χ1) is 15.2. The van der Waals surface area contributed by atoms with Gasteiger partial charge >= 0.3 is 8.60 Å². The Morgan fingerprint density at radius 1 is 0.677 bits per heavy atom. The normalized spacial score (nSPS) is 11.9. The van der Waals surface area contributed by atoms with E-state index in [2.05, 4.69) is 6.92 Å². The first-order valence-electron chi connectivity index (χ1n) is 11.7. The third-order valence-corrected chi connectivity index (χ3v) is 6.07. The van der Waals surface area contributed by atoms with Gasteiger partial charge in [-0.25, -0.2) is 0 Å². The van der Waals surface area contributed by atoms with Gasteiger partial charge in [-0.2, -0.15) is 0 Å². The summed E-state index contributed by atoms with van der Waals surface area (Å²) in [7, 11) is -2.46. The Labute approximate surface area is 189 Å². The number of hydrogen-bond acceptors (Lipinski definition) is 4. The molecule has 0 spiro atoms. The minimum Gasteiger partial charge on any atom is -0.363 e. The Bertz CT molecular complexity index is 639. The van der Waals surface area contributed by atoms with Crippen molar-refractivity contribution in [2.75, 3.05) is 13.2 Å². The minimum absolute atomic E-state index is 0.0531. The maximum Gasteiger partial charge on any atom is 0.327 e. The Balaban J connectivity index is 1.92. The number of benzene rings is 2. The van der Waals surface area contributed by atoms with Crippen molar-refractivity contribution in [2.24, 2.45) is 0 Å². The van der Waals surface area contributed by atoms with E-state index in [-0.39, 0.29) is 6.61 Å². The van der Waals surface area contributed by atoms with E-state index in [0.717, 1.165) is 24.0 Å². The molecule has 0 radical (unpaired) electrons. The molecule has 0 fully saturated rings. The van der Waals surface area contributed by atoms with E-state index in [4.69, 9.17) is 9.26 Å². The molecule has 0 aliphatic heterocycles. The molecule has 0 bridgehead atoms. The van der Waals surface area contributed by atoms with Crippen LogP contribution < -0.4 is 0 Å². The van der Waals surface area contributed by atoms with Crippen LogP contribution in [0.4, 0.5) is 0 Å². The lowest BCUT2D eigenvalue weighted by molar-refractivity contribution is -0.0521. The van der Waals surface area contributed by atoms with E-state index in [1.165, 1.54) is 51.4 Å². The van der Waals surface area contributed by atoms with Gasteiger partial charge in [0.2, 0.25) is 0 Å². The standard InChI is InChI=1S/C26H39O4P/c1-2-3-4-5-6-7-8-9-10-17-22-29-26(23-30-31(27)28,24-18-13-11-14-19-24)25-20-15-12-16-21-25/h11-16,18-21,27-28H,2-10,17,22-23H2,1H3. The van der Waals surface area contributed by atoms with Gasteiger partial charge in [0.15, 0.2) is 0 Å². The van der Waals surface area contributed by atoms with Crippen molar-refractivity contribution in [2.45, 2.75) is 76.7 Å². The van der Waals surface area contributed by atoms with E-state index >= 15 is 0 Å². The Hall–Kier alpha value is -1.29. The summed E-state index contributed by atoms with van der Waals surface area (Å²) in [4.78, 5) is 18.8. The second kappa shape index (κ2) is 15.5. The van der Waals surface area contributed by atoms with Gasteiger partial charge in [0.1, 0.15) is 5.60 Å². The minimum atomic E-state index is -2.46. The van der Waals surface area contributed by atoms with Crippen LogP contribution in [0.1, 0.15) is 82.3 Å². The van der Waals surface area contributed by atoms with Crippen LogP contribution in [-0.4, -0.2) is 23.0 Å². The summed E-state index contributed by atoms with van der Waals surface area (Å²) in [5.41, 5.74) is 1.03. The second-order valence-electron chi connectivity index (χ2n) is 8.12. The molecule has 2 N–H and O–H groups in total. The summed E-state index contributed by atoms with van der Waals surface area (Å²) in [6, 6.07) is 19.8. The molecule has 0 heterocycles. The molecule has 5 heteroatoms.